The predicted molar refractivity (Wildman–Crippen MR) is 358 cm³/mol. The van der Waals surface area contributed by atoms with E-state index >= 15 is 0 Å². The van der Waals surface area contributed by atoms with Crippen LogP contribution in [0.4, 0.5) is 0 Å². The Hall–Kier alpha value is -3.15. The summed E-state index contributed by atoms with van der Waals surface area (Å²) in [4.78, 5) is 38.4. The number of hydrogen-bond acceptors (Lipinski definition) is 6. The van der Waals surface area contributed by atoms with Crippen LogP contribution in [0.2, 0.25) is 0 Å². The van der Waals surface area contributed by atoms with E-state index in [1.165, 1.54) is 231 Å². The second-order valence-corrected chi connectivity index (χ2v) is 24.1. The average Bonchev–Trinajstić information content (AvgIpc) is 3.47. The Bertz CT molecular complexity index is 1500. The van der Waals surface area contributed by atoms with Crippen LogP contribution in [0.1, 0.15) is 374 Å². The first-order valence-corrected chi connectivity index (χ1v) is 35.9. The van der Waals surface area contributed by atoms with Crippen molar-refractivity contribution in [3.05, 3.63) is 72.9 Å². The molecule has 0 bridgehead atoms. The Labute approximate surface area is 510 Å². The minimum atomic E-state index is -0.789. The van der Waals surface area contributed by atoms with Crippen molar-refractivity contribution in [2.75, 3.05) is 13.2 Å². The Balaban J connectivity index is 4.21. The predicted octanol–water partition coefficient (Wildman–Crippen LogP) is 24.8. The molecule has 0 N–H and O–H groups in total. The van der Waals surface area contributed by atoms with E-state index < -0.39 is 6.10 Å². The largest absolute Gasteiger partial charge is 0.462 e. The van der Waals surface area contributed by atoms with Crippen LogP contribution in [0.5, 0.6) is 0 Å². The summed E-state index contributed by atoms with van der Waals surface area (Å²) >= 11 is 0. The fourth-order valence-corrected chi connectivity index (χ4v) is 10.5. The van der Waals surface area contributed by atoms with Gasteiger partial charge < -0.3 is 14.2 Å². The van der Waals surface area contributed by atoms with Crippen molar-refractivity contribution in [1.82, 2.24) is 0 Å². The molecule has 0 aromatic carbocycles. The van der Waals surface area contributed by atoms with Gasteiger partial charge in [-0.05, 0) is 109 Å². The Morgan fingerprint density at radius 3 is 0.756 bits per heavy atom. The van der Waals surface area contributed by atoms with Gasteiger partial charge in [-0.15, -0.1) is 0 Å². The Morgan fingerprint density at radius 2 is 0.451 bits per heavy atom. The third-order valence-corrected chi connectivity index (χ3v) is 15.9. The fraction of sp³-hybridized carbons (Fsp3) is 0.803. The summed E-state index contributed by atoms with van der Waals surface area (Å²) in [6, 6.07) is 0. The normalized spacial score (nSPS) is 12.5. The molecule has 0 rings (SSSR count). The quantitative estimate of drug-likeness (QED) is 0.0261. The van der Waals surface area contributed by atoms with Crippen LogP contribution in [0.25, 0.3) is 0 Å². The molecule has 0 aromatic heterocycles. The van der Waals surface area contributed by atoms with E-state index in [9.17, 15) is 14.4 Å². The third-order valence-electron chi connectivity index (χ3n) is 15.9. The summed E-state index contributed by atoms with van der Waals surface area (Å²) in [6.07, 6.45) is 92.3. The highest BCUT2D eigenvalue weighted by Crippen LogP contribution is 2.18. The van der Waals surface area contributed by atoms with Crippen LogP contribution in [-0.4, -0.2) is 37.2 Å². The van der Waals surface area contributed by atoms with Crippen LogP contribution in [0.15, 0.2) is 72.9 Å². The van der Waals surface area contributed by atoms with E-state index in [1.54, 1.807) is 0 Å². The Kier molecular flexibility index (Phi) is 67.6. The van der Waals surface area contributed by atoms with Gasteiger partial charge in [-0.2, -0.15) is 0 Å². The highest BCUT2D eigenvalue weighted by Gasteiger charge is 2.19. The van der Waals surface area contributed by atoms with Gasteiger partial charge in [0, 0.05) is 19.3 Å². The maximum Gasteiger partial charge on any atom is 0.306 e. The number of hydrogen-bond donors (Lipinski definition) is 0. The molecule has 1 atom stereocenters. The Morgan fingerprint density at radius 1 is 0.244 bits per heavy atom. The summed E-state index contributed by atoms with van der Waals surface area (Å²) in [6.45, 7) is 6.60. The van der Waals surface area contributed by atoms with Gasteiger partial charge in [0.1, 0.15) is 13.2 Å². The molecule has 0 aliphatic carbocycles. The lowest BCUT2D eigenvalue weighted by Crippen LogP contribution is -2.30. The lowest BCUT2D eigenvalue weighted by atomic mass is 10.0. The zero-order chi connectivity index (χ0) is 59.2. The summed E-state index contributed by atoms with van der Waals surface area (Å²) in [5, 5.41) is 0. The fourth-order valence-electron chi connectivity index (χ4n) is 10.5. The van der Waals surface area contributed by atoms with Gasteiger partial charge in [0.2, 0.25) is 0 Å². The summed E-state index contributed by atoms with van der Waals surface area (Å²) in [5.74, 6) is -0.891. The smallest absolute Gasteiger partial charge is 0.306 e. The van der Waals surface area contributed by atoms with Crippen LogP contribution in [0.3, 0.4) is 0 Å². The van der Waals surface area contributed by atoms with E-state index in [-0.39, 0.29) is 31.1 Å². The minimum Gasteiger partial charge on any atom is -0.462 e. The van der Waals surface area contributed by atoms with E-state index in [2.05, 4.69) is 93.7 Å². The van der Waals surface area contributed by atoms with E-state index in [0.717, 1.165) is 103 Å². The molecule has 0 spiro atoms. The first kappa shape index (κ1) is 78.8. The van der Waals surface area contributed by atoms with Gasteiger partial charge in [0.05, 0.1) is 0 Å². The molecule has 0 amide bonds. The van der Waals surface area contributed by atoms with E-state index in [4.69, 9.17) is 14.2 Å². The summed E-state index contributed by atoms with van der Waals surface area (Å²) < 4.78 is 17.0. The molecule has 82 heavy (non-hydrogen) atoms. The van der Waals surface area contributed by atoms with E-state index in [0.29, 0.717) is 19.3 Å². The van der Waals surface area contributed by atoms with Crippen molar-refractivity contribution in [3.8, 4) is 0 Å². The number of ether oxygens (including phenoxy) is 3. The number of esters is 3. The molecule has 476 valence electrons. The number of carbonyl (C=O) groups excluding carboxylic acids is 3. The molecule has 0 radical (unpaired) electrons. The molecule has 0 heterocycles. The zero-order valence-electron chi connectivity index (χ0n) is 54.8. The number of rotatable bonds is 66. The molecule has 0 aromatic rings. The van der Waals surface area contributed by atoms with Crippen LogP contribution in [-0.2, 0) is 28.6 Å². The highest BCUT2D eigenvalue weighted by atomic mass is 16.6. The van der Waals surface area contributed by atoms with Crippen molar-refractivity contribution in [2.45, 2.75) is 380 Å². The van der Waals surface area contributed by atoms with Crippen molar-refractivity contribution < 1.29 is 28.6 Å². The molecule has 1 unspecified atom stereocenters. The molecule has 0 saturated heterocycles. The summed E-state index contributed by atoms with van der Waals surface area (Å²) in [5.41, 5.74) is 0. The van der Waals surface area contributed by atoms with Gasteiger partial charge in [0.15, 0.2) is 6.10 Å². The SMILES string of the molecule is CCCC/C=C\C/C=C\CCCCCCCC(=O)OCC(COC(=O)CCCCCCCCCCCCCCCCCCCCC/C=C\CCCCCCCCCC)OC(=O)CCCCCCCC/C=C\C/C=C\C/C=C\CCCCC. The van der Waals surface area contributed by atoms with Gasteiger partial charge in [-0.1, -0.05) is 318 Å². The number of unbranched alkanes of at least 4 members (excludes halogenated alkanes) is 43. The molecule has 0 aliphatic heterocycles. The minimum absolute atomic E-state index is 0.0826. The molecule has 0 fully saturated rings. The van der Waals surface area contributed by atoms with Gasteiger partial charge >= 0.3 is 17.9 Å². The third kappa shape index (κ3) is 67.6. The van der Waals surface area contributed by atoms with Crippen LogP contribution >= 0.6 is 0 Å². The van der Waals surface area contributed by atoms with Crippen molar-refractivity contribution in [3.63, 3.8) is 0 Å². The van der Waals surface area contributed by atoms with Gasteiger partial charge in [0.25, 0.3) is 0 Å². The number of allylic oxidation sites excluding steroid dienone is 12. The second kappa shape index (κ2) is 70.3. The maximum atomic E-state index is 12.9. The lowest BCUT2D eigenvalue weighted by molar-refractivity contribution is -0.167. The topological polar surface area (TPSA) is 78.9 Å². The van der Waals surface area contributed by atoms with Crippen molar-refractivity contribution in [2.24, 2.45) is 0 Å². The van der Waals surface area contributed by atoms with E-state index in [1.807, 2.05) is 0 Å². The molecular weight excluding hydrogens is 1010 g/mol. The molecule has 6 nitrogen and oxygen atoms in total. The van der Waals surface area contributed by atoms with Crippen LogP contribution < -0.4 is 0 Å². The molecule has 0 aliphatic rings. The van der Waals surface area contributed by atoms with Crippen molar-refractivity contribution >= 4 is 17.9 Å². The average molecular weight is 1150 g/mol. The second-order valence-electron chi connectivity index (χ2n) is 24.1. The monoisotopic (exact) mass is 1150 g/mol. The first-order chi connectivity index (χ1) is 40.5. The standard InChI is InChI=1S/C76H136O6/c1-4-7-10-13-16-19-22-25-28-30-32-33-34-35-36-37-38-39-40-41-42-43-45-46-48-51-54-57-60-63-66-69-75(78)81-72-73(71-80-74(77)68-65-62-59-56-53-50-27-24-21-18-15-12-9-6-3)82-76(79)70-67-64-61-58-55-52-49-47-44-31-29-26-23-20-17-14-11-8-5-2/h15,17-18,20,24,26-27,29-30,32,44,47,73H,4-14,16,19,21-23,25,28,31,33-43,45-46,48-72H2,1-3H3/b18-15-,20-17-,27-24-,29-26-,32-30-,47-44-. The molecular formula is C76H136O6. The first-order valence-electron chi connectivity index (χ1n) is 35.9. The van der Waals surface area contributed by atoms with Crippen molar-refractivity contribution in [1.29, 1.82) is 0 Å². The maximum absolute atomic E-state index is 12.9. The number of carbonyl (C=O) groups is 3. The zero-order valence-corrected chi connectivity index (χ0v) is 54.8. The van der Waals surface area contributed by atoms with Gasteiger partial charge in [-0.3, -0.25) is 14.4 Å². The van der Waals surface area contributed by atoms with Gasteiger partial charge in [-0.25, -0.2) is 0 Å². The molecule has 0 saturated carbocycles. The summed E-state index contributed by atoms with van der Waals surface area (Å²) in [7, 11) is 0. The molecule has 6 heteroatoms. The lowest BCUT2D eigenvalue weighted by Gasteiger charge is -2.18. The van der Waals surface area contributed by atoms with Crippen LogP contribution in [0, 0.1) is 0 Å². The highest BCUT2D eigenvalue weighted by molar-refractivity contribution is 5.71.